The number of rotatable bonds is 7. The Morgan fingerprint density at radius 2 is 1.58 bits per heavy atom. The minimum Gasteiger partial charge on any atom is -0.481 e. The summed E-state index contributed by atoms with van der Waals surface area (Å²) in [5.41, 5.74) is 0.0644. The van der Waals surface area contributed by atoms with Crippen molar-refractivity contribution in [2.24, 2.45) is 69.5 Å². The summed E-state index contributed by atoms with van der Waals surface area (Å²) in [7, 11) is 0. The maximum atomic E-state index is 12.8. The molecule has 0 amide bonds. The fourth-order valence-corrected chi connectivity index (χ4v) is 11.1. The van der Waals surface area contributed by atoms with Crippen molar-refractivity contribution in [2.45, 2.75) is 125 Å². The van der Waals surface area contributed by atoms with Crippen LogP contribution in [0.3, 0.4) is 0 Å². The normalized spacial score (nSPS) is 49.4. The maximum absolute atomic E-state index is 12.8. The summed E-state index contributed by atoms with van der Waals surface area (Å²) in [6, 6.07) is 0. The lowest BCUT2D eigenvalue weighted by Crippen LogP contribution is -2.66. The molecular formula is C32H56O4. The highest BCUT2D eigenvalue weighted by molar-refractivity contribution is 5.70. The van der Waals surface area contributed by atoms with E-state index in [-0.39, 0.29) is 58.0 Å². The topological polar surface area (TPSA) is 77.8 Å². The van der Waals surface area contributed by atoms with Gasteiger partial charge in [0, 0.05) is 0 Å². The Hall–Kier alpha value is -0.610. The molecule has 0 aromatic carbocycles. The summed E-state index contributed by atoms with van der Waals surface area (Å²) in [5.74, 6) is 1.85. The van der Waals surface area contributed by atoms with E-state index in [0.717, 1.165) is 57.8 Å². The van der Waals surface area contributed by atoms with Crippen LogP contribution >= 0.6 is 0 Å². The largest absolute Gasteiger partial charge is 0.481 e. The molecule has 0 heterocycles. The van der Waals surface area contributed by atoms with Crippen LogP contribution in [-0.4, -0.2) is 33.5 Å². The van der Waals surface area contributed by atoms with E-state index in [4.69, 9.17) is 0 Å². The first kappa shape index (κ1) is 28.4. The lowest BCUT2D eigenvalue weighted by molar-refractivity contribution is -0.240. The zero-order chi connectivity index (χ0) is 26.8. The lowest BCUT2D eigenvalue weighted by atomic mass is 9.36. The van der Waals surface area contributed by atoms with Crippen LogP contribution in [0.25, 0.3) is 0 Å². The fourth-order valence-electron chi connectivity index (χ4n) is 11.1. The summed E-state index contributed by atoms with van der Waals surface area (Å²) in [6.45, 7) is 18.6. The molecule has 0 radical (unpaired) electrons. The third kappa shape index (κ3) is 4.19. The predicted molar refractivity (Wildman–Crippen MR) is 145 cm³/mol. The average Bonchev–Trinajstić information content (AvgIpc) is 3.07. The number of aliphatic hydroxyl groups excluding tert-OH is 2. The van der Waals surface area contributed by atoms with Crippen molar-refractivity contribution in [3.8, 4) is 0 Å². The van der Waals surface area contributed by atoms with E-state index < -0.39 is 5.97 Å². The van der Waals surface area contributed by atoms with Crippen molar-refractivity contribution < 1.29 is 20.1 Å². The predicted octanol–water partition coefficient (Wildman–Crippen LogP) is 7.02. The molecule has 36 heavy (non-hydrogen) atoms. The Morgan fingerprint density at radius 1 is 0.917 bits per heavy atom. The van der Waals surface area contributed by atoms with E-state index in [9.17, 15) is 20.1 Å². The Balaban J connectivity index is 1.73. The zero-order valence-electron chi connectivity index (χ0n) is 24.5. The second kappa shape index (κ2) is 9.85. The second-order valence-corrected chi connectivity index (χ2v) is 15.3. The molecule has 4 heteroatoms. The average molecular weight is 505 g/mol. The number of carboxylic acid groups (broad SMARTS) is 1. The van der Waals surface area contributed by atoms with Gasteiger partial charge in [-0.2, -0.15) is 0 Å². The van der Waals surface area contributed by atoms with Gasteiger partial charge in [0.15, 0.2) is 0 Å². The van der Waals surface area contributed by atoms with Crippen molar-refractivity contribution in [2.75, 3.05) is 0 Å². The number of carboxylic acids is 1. The van der Waals surface area contributed by atoms with Gasteiger partial charge in [-0.25, -0.2) is 0 Å². The van der Waals surface area contributed by atoms with Crippen molar-refractivity contribution >= 4 is 5.97 Å². The standard InChI is InChI=1S/C32H56O4/c1-18(2)10-9-11-21(29(35)36)27-22(19(3)4)17-32(8)24(27)16-26(34)28-30(6)14-13-25(33)20(5)23(30)12-15-31(28,32)7/h18-28,33-34H,9-17H2,1-8H3,(H,35,36)/t20-,21?,22?,23-,24-,25+,26+,27?,28-,30-,31-,32-/m0/s1. The molecule has 0 bridgehead atoms. The molecule has 0 aliphatic heterocycles. The molecule has 4 rings (SSSR count). The highest BCUT2D eigenvalue weighted by Crippen LogP contribution is 2.75. The van der Waals surface area contributed by atoms with E-state index in [1.807, 2.05) is 0 Å². The van der Waals surface area contributed by atoms with Gasteiger partial charge in [-0.1, -0.05) is 68.2 Å². The van der Waals surface area contributed by atoms with Crippen molar-refractivity contribution in [3.05, 3.63) is 0 Å². The Labute approximate surface area is 221 Å². The van der Waals surface area contributed by atoms with E-state index >= 15 is 0 Å². The van der Waals surface area contributed by atoms with E-state index in [2.05, 4.69) is 55.4 Å². The lowest BCUT2D eigenvalue weighted by Gasteiger charge is -2.69. The minimum absolute atomic E-state index is 0.00846. The third-order valence-electron chi connectivity index (χ3n) is 13.0. The van der Waals surface area contributed by atoms with E-state index in [0.29, 0.717) is 23.7 Å². The number of fused-ring (bicyclic) bond motifs is 5. The number of carbonyl (C=O) groups is 1. The van der Waals surface area contributed by atoms with Crippen molar-refractivity contribution in [3.63, 3.8) is 0 Å². The third-order valence-corrected chi connectivity index (χ3v) is 13.0. The summed E-state index contributed by atoms with van der Waals surface area (Å²) < 4.78 is 0. The van der Waals surface area contributed by atoms with E-state index in [1.54, 1.807) is 0 Å². The molecule has 0 spiro atoms. The van der Waals surface area contributed by atoms with Crippen LogP contribution in [0.2, 0.25) is 0 Å². The van der Waals surface area contributed by atoms with Gasteiger partial charge in [-0.3, -0.25) is 4.79 Å². The molecule has 0 aromatic heterocycles. The highest BCUT2D eigenvalue weighted by Gasteiger charge is 2.71. The van der Waals surface area contributed by atoms with Gasteiger partial charge >= 0.3 is 5.97 Å². The van der Waals surface area contributed by atoms with Gasteiger partial charge in [0.05, 0.1) is 18.1 Å². The quantitative estimate of drug-likeness (QED) is 0.348. The van der Waals surface area contributed by atoms with Crippen LogP contribution in [-0.2, 0) is 4.79 Å². The molecule has 12 atom stereocenters. The number of aliphatic hydroxyl groups is 2. The van der Waals surface area contributed by atoms with E-state index in [1.165, 1.54) is 0 Å². The monoisotopic (exact) mass is 504 g/mol. The Morgan fingerprint density at radius 3 is 2.17 bits per heavy atom. The maximum Gasteiger partial charge on any atom is 0.306 e. The number of hydrogen-bond donors (Lipinski definition) is 3. The second-order valence-electron chi connectivity index (χ2n) is 15.3. The Bertz CT molecular complexity index is 808. The molecule has 0 saturated heterocycles. The van der Waals surface area contributed by atoms with Gasteiger partial charge in [0.2, 0.25) is 0 Å². The number of aliphatic carboxylic acids is 1. The van der Waals surface area contributed by atoms with Crippen LogP contribution < -0.4 is 0 Å². The molecule has 3 unspecified atom stereocenters. The fraction of sp³-hybridized carbons (Fsp3) is 0.969. The Kier molecular flexibility index (Phi) is 7.77. The zero-order valence-corrected chi connectivity index (χ0v) is 24.5. The molecule has 0 aromatic rings. The van der Waals surface area contributed by atoms with Gasteiger partial charge in [0.1, 0.15) is 0 Å². The minimum atomic E-state index is -0.619. The first-order valence-corrected chi connectivity index (χ1v) is 15.3. The van der Waals surface area contributed by atoms with Gasteiger partial charge < -0.3 is 15.3 Å². The van der Waals surface area contributed by atoms with Crippen LogP contribution in [0.4, 0.5) is 0 Å². The number of hydrogen-bond acceptors (Lipinski definition) is 3. The first-order valence-electron chi connectivity index (χ1n) is 15.3. The first-order chi connectivity index (χ1) is 16.7. The molecule has 3 N–H and O–H groups in total. The molecule has 208 valence electrons. The summed E-state index contributed by atoms with van der Waals surface area (Å²) >= 11 is 0. The van der Waals surface area contributed by atoms with Crippen molar-refractivity contribution in [1.29, 1.82) is 0 Å². The van der Waals surface area contributed by atoms with Gasteiger partial charge in [0.25, 0.3) is 0 Å². The summed E-state index contributed by atoms with van der Waals surface area (Å²) in [6.07, 6.45) is 8.07. The summed E-state index contributed by atoms with van der Waals surface area (Å²) in [4.78, 5) is 12.8. The highest BCUT2D eigenvalue weighted by atomic mass is 16.4. The molecular weight excluding hydrogens is 448 g/mol. The van der Waals surface area contributed by atoms with Crippen LogP contribution in [0.5, 0.6) is 0 Å². The molecule has 4 saturated carbocycles. The molecule has 4 nitrogen and oxygen atoms in total. The van der Waals surface area contributed by atoms with Crippen LogP contribution in [0.15, 0.2) is 0 Å². The summed E-state index contributed by atoms with van der Waals surface area (Å²) in [5, 5.41) is 33.2. The van der Waals surface area contributed by atoms with Gasteiger partial charge in [-0.05, 0) is 109 Å². The molecule has 4 aliphatic rings. The SMILES string of the molecule is CC(C)CCCC(C(=O)O)C1C(C(C)C)C[C@@]2(C)[C@H]1C[C@@H](O)[C@H]1[C@@]3(C)CC[C@@H](O)[C@@H](C)[C@@H]3CC[C@@]12C. The van der Waals surface area contributed by atoms with Gasteiger partial charge in [-0.15, -0.1) is 0 Å². The van der Waals surface area contributed by atoms with Crippen LogP contribution in [0, 0.1) is 69.5 Å². The van der Waals surface area contributed by atoms with Crippen molar-refractivity contribution in [1.82, 2.24) is 0 Å². The van der Waals surface area contributed by atoms with Crippen LogP contribution in [0.1, 0.15) is 113 Å². The smallest absolute Gasteiger partial charge is 0.306 e. The molecule has 4 fully saturated rings. The molecule has 4 aliphatic carbocycles.